The van der Waals surface area contributed by atoms with Crippen LogP contribution >= 0.6 is 0 Å². The molecule has 0 fully saturated rings. The molecule has 88 valence electrons. The van der Waals surface area contributed by atoms with Crippen LogP contribution in [0.1, 0.15) is 10.4 Å². The van der Waals surface area contributed by atoms with Crippen molar-refractivity contribution in [2.45, 2.75) is 0 Å². The molecule has 0 aliphatic carbocycles. The second-order valence-corrected chi connectivity index (χ2v) is 3.23. The van der Waals surface area contributed by atoms with Gasteiger partial charge in [0.2, 0.25) is 0 Å². The number of carboxylic acids is 1. The van der Waals surface area contributed by atoms with Crippen LogP contribution in [0.25, 0.3) is 11.5 Å². The molecule has 0 saturated carbocycles. The van der Waals surface area contributed by atoms with Crippen LogP contribution in [0.2, 0.25) is 0 Å². The zero-order valence-corrected chi connectivity index (χ0v) is 8.65. The number of aromatic nitrogens is 2. The summed E-state index contributed by atoms with van der Waals surface area (Å²) in [7, 11) is 1.52. The Kier molecular flexibility index (Phi) is 2.39. The Balaban J connectivity index is 2.55. The van der Waals surface area contributed by atoms with Gasteiger partial charge in [0, 0.05) is 7.05 Å². The molecule has 0 radical (unpaired) electrons. The number of carbonyl (C=O) groups is 1. The van der Waals surface area contributed by atoms with Gasteiger partial charge in [-0.3, -0.25) is 14.8 Å². The summed E-state index contributed by atoms with van der Waals surface area (Å²) in [6.07, 6.45) is 1.16. The van der Waals surface area contributed by atoms with Crippen LogP contribution in [0.3, 0.4) is 0 Å². The molecule has 0 amide bonds. The van der Waals surface area contributed by atoms with Crippen molar-refractivity contribution in [3.05, 3.63) is 34.0 Å². The maximum atomic E-state index is 10.9. The molecule has 0 aliphatic heterocycles. The molecule has 2 aromatic heterocycles. The number of hydrogen-bond acceptors (Lipinski definition) is 5. The lowest BCUT2D eigenvalue weighted by atomic mass is 10.2. The van der Waals surface area contributed by atoms with Gasteiger partial charge in [-0.2, -0.15) is 5.10 Å². The van der Waals surface area contributed by atoms with Gasteiger partial charge in [0.1, 0.15) is 16.2 Å². The summed E-state index contributed by atoms with van der Waals surface area (Å²) in [6.45, 7) is 0. The zero-order chi connectivity index (χ0) is 12.6. The second-order valence-electron chi connectivity index (χ2n) is 3.23. The second kappa shape index (κ2) is 3.74. The number of hydrogen-bond donors (Lipinski definition) is 1. The fourth-order valence-electron chi connectivity index (χ4n) is 1.44. The quantitative estimate of drug-likeness (QED) is 0.635. The van der Waals surface area contributed by atoms with Gasteiger partial charge in [0.25, 0.3) is 0 Å². The fraction of sp³-hybridized carbons (Fsp3) is 0.111. The van der Waals surface area contributed by atoms with Crippen molar-refractivity contribution in [3.8, 4) is 11.5 Å². The Morgan fingerprint density at radius 3 is 2.82 bits per heavy atom. The smallest absolute Gasteiger partial charge is 0.433 e. The van der Waals surface area contributed by atoms with Crippen molar-refractivity contribution in [2.24, 2.45) is 7.05 Å². The molecular weight excluding hydrogens is 230 g/mol. The predicted octanol–water partition coefficient (Wildman–Crippen LogP) is 1.29. The van der Waals surface area contributed by atoms with Crippen LogP contribution in [-0.2, 0) is 7.05 Å². The van der Waals surface area contributed by atoms with E-state index in [9.17, 15) is 14.9 Å². The summed E-state index contributed by atoms with van der Waals surface area (Å²) < 4.78 is 6.22. The van der Waals surface area contributed by atoms with E-state index in [2.05, 4.69) is 5.10 Å². The molecule has 0 unspecified atom stereocenters. The monoisotopic (exact) mass is 237 g/mol. The highest BCUT2D eigenvalue weighted by Gasteiger charge is 2.22. The topological polar surface area (TPSA) is 111 Å². The maximum absolute atomic E-state index is 10.9. The van der Waals surface area contributed by atoms with E-state index in [1.165, 1.54) is 17.8 Å². The number of aryl methyl sites for hydroxylation is 1. The molecule has 2 heterocycles. The highest BCUT2D eigenvalue weighted by atomic mass is 16.6. The summed E-state index contributed by atoms with van der Waals surface area (Å²) in [5.74, 6) is -1.53. The molecule has 0 aliphatic rings. The maximum Gasteiger partial charge on any atom is 0.433 e. The van der Waals surface area contributed by atoms with Gasteiger partial charge in [0.05, 0.1) is 12.3 Å². The van der Waals surface area contributed by atoms with Gasteiger partial charge in [-0.05, 0) is 6.07 Å². The van der Waals surface area contributed by atoms with Crippen LogP contribution in [0.15, 0.2) is 22.7 Å². The standard InChI is InChI=1S/C9H7N3O5/c1-11-8(5(4-10-11)9(13)14)6-2-3-7(17-6)12(15)16/h2-4H,1H3,(H,13,14). The number of nitrogens with zero attached hydrogens (tertiary/aromatic N) is 3. The zero-order valence-electron chi connectivity index (χ0n) is 8.65. The minimum atomic E-state index is -1.17. The molecule has 0 spiro atoms. The van der Waals surface area contributed by atoms with E-state index in [1.807, 2.05) is 0 Å². The van der Waals surface area contributed by atoms with Gasteiger partial charge in [-0.25, -0.2) is 4.79 Å². The fourth-order valence-corrected chi connectivity index (χ4v) is 1.44. The Labute approximate surface area is 94.2 Å². The van der Waals surface area contributed by atoms with Crippen molar-refractivity contribution in [1.29, 1.82) is 0 Å². The summed E-state index contributed by atoms with van der Waals surface area (Å²) >= 11 is 0. The number of nitro groups is 1. The first-order valence-electron chi connectivity index (χ1n) is 4.50. The SMILES string of the molecule is Cn1ncc(C(=O)O)c1-c1ccc([N+](=O)[O-])o1. The van der Waals surface area contributed by atoms with Crippen molar-refractivity contribution in [1.82, 2.24) is 9.78 Å². The third-order valence-electron chi connectivity index (χ3n) is 2.17. The molecular formula is C9H7N3O5. The molecule has 17 heavy (non-hydrogen) atoms. The van der Waals surface area contributed by atoms with Gasteiger partial charge < -0.3 is 9.52 Å². The first-order valence-corrected chi connectivity index (χ1v) is 4.50. The molecule has 1 N–H and O–H groups in total. The average Bonchev–Trinajstić information content (AvgIpc) is 2.82. The normalized spacial score (nSPS) is 10.4. The molecule has 0 saturated heterocycles. The molecule has 2 aromatic rings. The minimum absolute atomic E-state index is 0.0725. The highest BCUT2D eigenvalue weighted by Crippen LogP contribution is 2.28. The molecule has 0 bridgehead atoms. The van der Waals surface area contributed by atoms with E-state index in [0.29, 0.717) is 0 Å². The lowest BCUT2D eigenvalue weighted by Crippen LogP contribution is -1.99. The third kappa shape index (κ3) is 1.75. The van der Waals surface area contributed by atoms with E-state index in [-0.39, 0.29) is 17.0 Å². The molecule has 2 rings (SSSR count). The number of rotatable bonds is 3. The molecule has 8 nitrogen and oxygen atoms in total. The van der Waals surface area contributed by atoms with Gasteiger partial charge in [-0.1, -0.05) is 0 Å². The van der Waals surface area contributed by atoms with Crippen LogP contribution in [-0.4, -0.2) is 25.8 Å². The van der Waals surface area contributed by atoms with Crippen molar-refractivity contribution in [2.75, 3.05) is 0 Å². The van der Waals surface area contributed by atoms with E-state index in [4.69, 9.17) is 9.52 Å². The van der Waals surface area contributed by atoms with Crippen LogP contribution in [0.5, 0.6) is 0 Å². The average molecular weight is 237 g/mol. The Morgan fingerprint density at radius 1 is 1.59 bits per heavy atom. The first kappa shape index (κ1) is 10.9. The van der Waals surface area contributed by atoms with E-state index in [1.54, 1.807) is 0 Å². The van der Waals surface area contributed by atoms with E-state index < -0.39 is 16.8 Å². The van der Waals surface area contributed by atoms with Gasteiger partial charge in [0.15, 0.2) is 5.76 Å². The highest BCUT2D eigenvalue weighted by molar-refractivity contribution is 5.94. The summed E-state index contributed by atoms with van der Waals surface area (Å²) in [5.41, 5.74) is 0.113. The Hall–Kier alpha value is -2.64. The largest absolute Gasteiger partial charge is 0.478 e. The van der Waals surface area contributed by atoms with Crippen LogP contribution < -0.4 is 0 Å². The van der Waals surface area contributed by atoms with Crippen LogP contribution in [0, 0.1) is 10.1 Å². The number of carboxylic acid groups (broad SMARTS) is 1. The first-order chi connectivity index (χ1) is 8.00. The summed E-state index contributed by atoms with van der Waals surface area (Å²) in [4.78, 5) is 20.7. The van der Waals surface area contributed by atoms with Crippen LogP contribution in [0.4, 0.5) is 5.88 Å². The third-order valence-corrected chi connectivity index (χ3v) is 2.17. The lowest BCUT2D eigenvalue weighted by molar-refractivity contribution is -0.401. The number of aromatic carboxylic acids is 1. The molecule has 0 aromatic carbocycles. The Morgan fingerprint density at radius 2 is 2.29 bits per heavy atom. The van der Waals surface area contributed by atoms with E-state index >= 15 is 0 Å². The number of furan rings is 1. The van der Waals surface area contributed by atoms with E-state index in [0.717, 1.165) is 12.3 Å². The minimum Gasteiger partial charge on any atom is -0.478 e. The Bertz CT molecular complexity index is 598. The van der Waals surface area contributed by atoms with Crippen molar-refractivity contribution < 1.29 is 19.2 Å². The lowest BCUT2D eigenvalue weighted by Gasteiger charge is -1.98. The van der Waals surface area contributed by atoms with Crippen molar-refractivity contribution >= 4 is 11.9 Å². The van der Waals surface area contributed by atoms with Crippen molar-refractivity contribution in [3.63, 3.8) is 0 Å². The summed E-state index contributed by atoms with van der Waals surface area (Å²) in [5, 5.41) is 23.2. The van der Waals surface area contributed by atoms with Gasteiger partial charge in [-0.15, -0.1) is 0 Å². The molecule has 8 heteroatoms. The van der Waals surface area contributed by atoms with Gasteiger partial charge >= 0.3 is 11.9 Å². The summed E-state index contributed by atoms with van der Waals surface area (Å²) in [6, 6.07) is 2.50. The predicted molar refractivity (Wildman–Crippen MR) is 54.5 cm³/mol. The molecule has 0 atom stereocenters.